The normalized spacial score (nSPS) is 15.9. The Bertz CT molecular complexity index is 585. The lowest BCUT2D eigenvalue weighted by atomic mass is 10.2. The fourth-order valence-corrected chi connectivity index (χ4v) is 2.87. The fraction of sp³-hybridized carbons (Fsp3) is 0.438. The average Bonchev–Trinajstić information content (AvgIpc) is 3.06. The van der Waals surface area contributed by atoms with Crippen molar-refractivity contribution in [2.75, 3.05) is 0 Å². The number of rotatable bonds is 4. The Morgan fingerprint density at radius 1 is 1.35 bits per heavy atom. The van der Waals surface area contributed by atoms with Crippen molar-refractivity contribution in [3.8, 4) is 5.69 Å². The van der Waals surface area contributed by atoms with Crippen LogP contribution in [0.2, 0.25) is 0 Å². The quantitative estimate of drug-likeness (QED) is 0.925. The molecule has 0 saturated heterocycles. The molecule has 3 rings (SSSR count). The van der Waals surface area contributed by atoms with Crippen LogP contribution in [-0.2, 0) is 6.54 Å². The van der Waals surface area contributed by atoms with Crippen LogP contribution in [0.3, 0.4) is 0 Å². The summed E-state index contributed by atoms with van der Waals surface area (Å²) in [7, 11) is 0. The highest BCUT2D eigenvalue weighted by molar-refractivity contribution is 5.35. The maximum atomic E-state index is 13.3. The van der Waals surface area contributed by atoms with Gasteiger partial charge in [-0.2, -0.15) is 5.10 Å². The number of aromatic nitrogens is 2. The van der Waals surface area contributed by atoms with E-state index in [1.165, 1.54) is 43.4 Å². The molecule has 0 bridgehead atoms. The first-order valence-corrected chi connectivity index (χ1v) is 7.27. The molecule has 106 valence electrons. The molecule has 1 fully saturated rings. The van der Waals surface area contributed by atoms with Crippen molar-refractivity contribution in [2.24, 2.45) is 0 Å². The second-order valence-corrected chi connectivity index (χ2v) is 5.51. The maximum absolute atomic E-state index is 13.3. The van der Waals surface area contributed by atoms with Crippen molar-refractivity contribution in [2.45, 2.75) is 45.2 Å². The van der Waals surface area contributed by atoms with E-state index in [4.69, 9.17) is 0 Å². The van der Waals surface area contributed by atoms with E-state index in [-0.39, 0.29) is 5.82 Å². The highest BCUT2D eigenvalue weighted by atomic mass is 19.1. The molecule has 1 aliphatic carbocycles. The van der Waals surface area contributed by atoms with Crippen LogP contribution < -0.4 is 5.32 Å². The molecular weight excluding hydrogens is 253 g/mol. The molecule has 3 nitrogen and oxygen atoms in total. The molecule has 20 heavy (non-hydrogen) atoms. The minimum Gasteiger partial charge on any atom is -0.310 e. The van der Waals surface area contributed by atoms with Crippen molar-refractivity contribution in [3.05, 3.63) is 47.5 Å². The molecule has 0 atom stereocenters. The van der Waals surface area contributed by atoms with Crippen LogP contribution in [0.5, 0.6) is 0 Å². The largest absolute Gasteiger partial charge is 0.310 e. The summed E-state index contributed by atoms with van der Waals surface area (Å²) in [6.45, 7) is 2.87. The number of nitrogens with one attached hydrogen (secondary N) is 1. The number of hydrogen-bond acceptors (Lipinski definition) is 2. The zero-order valence-corrected chi connectivity index (χ0v) is 11.8. The van der Waals surface area contributed by atoms with E-state index < -0.39 is 0 Å². The minimum absolute atomic E-state index is 0.233. The summed E-state index contributed by atoms with van der Waals surface area (Å²) in [6, 6.07) is 7.19. The van der Waals surface area contributed by atoms with Gasteiger partial charge in [-0.1, -0.05) is 18.9 Å². The van der Waals surface area contributed by atoms with E-state index in [2.05, 4.69) is 10.4 Å². The first-order chi connectivity index (χ1) is 9.74. The van der Waals surface area contributed by atoms with E-state index in [0.29, 0.717) is 6.04 Å². The van der Waals surface area contributed by atoms with E-state index in [9.17, 15) is 4.39 Å². The second-order valence-electron chi connectivity index (χ2n) is 5.51. The number of benzene rings is 1. The van der Waals surface area contributed by atoms with Crippen LogP contribution in [-0.4, -0.2) is 15.8 Å². The van der Waals surface area contributed by atoms with E-state index in [1.54, 1.807) is 10.7 Å². The summed E-state index contributed by atoms with van der Waals surface area (Å²) in [5.74, 6) is -0.233. The van der Waals surface area contributed by atoms with Gasteiger partial charge in [0, 0.05) is 23.8 Å². The molecule has 0 radical (unpaired) electrons. The molecule has 2 aromatic rings. The Balaban J connectivity index is 1.74. The standard InChI is InChI=1S/C16H20FN3/c1-12-13(10-18-15-6-2-3-7-15)11-19-20(12)16-8-4-5-14(17)9-16/h4-5,8-9,11,15,18H,2-3,6-7,10H2,1H3. The van der Waals surface area contributed by atoms with Crippen molar-refractivity contribution in [1.82, 2.24) is 15.1 Å². The zero-order chi connectivity index (χ0) is 13.9. The number of nitrogens with zero attached hydrogens (tertiary/aromatic N) is 2. The molecule has 1 heterocycles. The third kappa shape index (κ3) is 2.75. The predicted molar refractivity (Wildman–Crippen MR) is 77.4 cm³/mol. The van der Waals surface area contributed by atoms with Crippen molar-refractivity contribution in [1.29, 1.82) is 0 Å². The SMILES string of the molecule is Cc1c(CNC2CCCC2)cnn1-c1cccc(F)c1. The molecule has 1 aliphatic rings. The lowest BCUT2D eigenvalue weighted by molar-refractivity contribution is 0.523. The van der Waals surface area contributed by atoms with Gasteiger partial charge in [-0.3, -0.25) is 0 Å². The summed E-state index contributed by atoms with van der Waals surface area (Å²) in [4.78, 5) is 0. The van der Waals surface area contributed by atoms with Crippen molar-refractivity contribution >= 4 is 0 Å². The summed E-state index contributed by atoms with van der Waals surface area (Å²) in [5, 5.41) is 7.97. The Morgan fingerprint density at radius 3 is 2.90 bits per heavy atom. The molecule has 1 N–H and O–H groups in total. The highest BCUT2D eigenvalue weighted by Crippen LogP contribution is 2.19. The van der Waals surface area contributed by atoms with Gasteiger partial charge in [-0.05, 0) is 38.0 Å². The van der Waals surface area contributed by atoms with Gasteiger partial charge < -0.3 is 5.32 Å². The third-order valence-corrected chi connectivity index (χ3v) is 4.10. The van der Waals surface area contributed by atoms with Gasteiger partial charge in [0.2, 0.25) is 0 Å². The van der Waals surface area contributed by atoms with Crippen molar-refractivity contribution < 1.29 is 4.39 Å². The molecule has 1 saturated carbocycles. The zero-order valence-electron chi connectivity index (χ0n) is 11.8. The van der Waals surface area contributed by atoms with E-state index >= 15 is 0 Å². The highest BCUT2D eigenvalue weighted by Gasteiger charge is 2.15. The smallest absolute Gasteiger partial charge is 0.125 e. The fourth-order valence-electron chi connectivity index (χ4n) is 2.87. The van der Waals surface area contributed by atoms with Crippen LogP contribution in [0.1, 0.15) is 36.9 Å². The van der Waals surface area contributed by atoms with Crippen LogP contribution in [0.25, 0.3) is 5.69 Å². The van der Waals surface area contributed by atoms with E-state index in [1.807, 2.05) is 19.2 Å². The molecule has 0 spiro atoms. The van der Waals surface area contributed by atoms with Gasteiger partial charge >= 0.3 is 0 Å². The Hall–Kier alpha value is -1.68. The minimum atomic E-state index is -0.233. The van der Waals surface area contributed by atoms with Gasteiger partial charge in [0.1, 0.15) is 5.82 Å². The molecule has 0 amide bonds. The summed E-state index contributed by atoms with van der Waals surface area (Å²) < 4.78 is 15.1. The molecule has 4 heteroatoms. The molecule has 1 aromatic heterocycles. The monoisotopic (exact) mass is 273 g/mol. The van der Waals surface area contributed by atoms with Gasteiger partial charge in [0.05, 0.1) is 11.9 Å². The average molecular weight is 273 g/mol. The maximum Gasteiger partial charge on any atom is 0.125 e. The van der Waals surface area contributed by atoms with Crippen LogP contribution >= 0.6 is 0 Å². The Kier molecular flexibility index (Phi) is 3.83. The van der Waals surface area contributed by atoms with Gasteiger partial charge in [0.15, 0.2) is 0 Å². The van der Waals surface area contributed by atoms with Crippen LogP contribution in [0, 0.1) is 12.7 Å². The lowest BCUT2D eigenvalue weighted by Crippen LogP contribution is -2.25. The first-order valence-electron chi connectivity index (χ1n) is 7.27. The second kappa shape index (κ2) is 5.75. The molecule has 1 aromatic carbocycles. The Morgan fingerprint density at radius 2 is 2.15 bits per heavy atom. The Labute approximate surface area is 118 Å². The summed E-state index contributed by atoms with van der Waals surface area (Å²) >= 11 is 0. The van der Waals surface area contributed by atoms with Crippen LogP contribution in [0.4, 0.5) is 4.39 Å². The third-order valence-electron chi connectivity index (χ3n) is 4.10. The predicted octanol–water partition coefficient (Wildman–Crippen LogP) is 3.35. The van der Waals surface area contributed by atoms with E-state index in [0.717, 1.165) is 17.9 Å². The van der Waals surface area contributed by atoms with Gasteiger partial charge in [-0.15, -0.1) is 0 Å². The first kappa shape index (κ1) is 13.3. The summed E-state index contributed by atoms with van der Waals surface area (Å²) in [6.07, 6.45) is 7.09. The lowest BCUT2D eigenvalue weighted by Gasteiger charge is -2.11. The number of hydrogen-bond donors (Lipinski definition) is 1. The molecule has 0 unspecified atom stereocenters. The topological polar surface area (TPSA) is 29.9 Å². The van der Waals surface area contributed by atoms with Gasteiger partial charge in [-0.25, -0.2) is 9.07 Å². The van der Waals surface area contributed by atoms with Crippen molar-refractivity contribution in [3.63, 3.8) is 0 Å². The van der Waals surface area contributed by atoms with Crippen LogP contribution in [0.15, 0.2) is 30.5 Å². The molecule has 0 aliphatic heterocycles. The molecular formula is C16H20FN3. The number of halogens is 1. The summed E-state index contributed by atoms with van der Waals surface area (Å²) in [5.41, 5.74) is 3.02. The van der Waals surface area contributed by atoms with Gasteiger partial charge in [0.25, 0.3) is 0 Å².